The molecular weight excluding hydrogens is 280 g/mol. The van der Waals surface area contributed by atoms with Crippen LogP contribution in [-0.2, 0) is 0 Å². The van der Waals surface area contributed by atoms with Gasteiger partial charge >= 0.3 is 5.97 Å². The molecule has 1 aromatic carbocycles. The molecule has 0 fully saturated rings. The monoisotopic (exact) mass is 288 g/mol. The summed E-state index contributed by atoms with van der Waals surface area (Å²) in [5.41, 5.74) is -0.916. The number of rotatable bonds is 4. The summed E-state index contributed by atoms with van der Waals surface area (Å²) >= 11 is 0. The summed E-state index contributed by atoms with van der Waals surface area (Å²) in [6.07, 6.45) is 3.88. The summed E-state index contributed by atoms with van der Waals surface area (Å²) in [6, 6.07) is 3.17. The van der Waals surface area contributed by atoms with Crippen LogP contribution in [0, 0.1) is 10.1 Å². The zero-order valence-electron chi connectivity index (χ0n) is 10.4. The molecular formula is C12H8N4O5. The zero-order chi connectivity index (χ0) is 15.4. The molecule has 0 aliphatic heterocycles. The molecule has 1 aromatic heterocycles. The molecule has 1 heterocycles. The first-order valence-corrected chi connectivity index (χ1v) is 5.58. The van der Waals surface area contributed by atoms with Crippen LogP contribution in [-0.4, -0.2) is 31.9 Å². The van der Waals surface area contributed by atoms with E-state index in [9.17, 15) is 19.7 Å². The summed E-state index contributed by atoms with van der Waals surface area (Å²) in [5.74, 6) is -1.99. The van der Waals surface area contributed by atoms with Crippen molar-refractivity contribution in [2.45, 2.75) is 0 Å². The number of carboxylic acids is 1. The van der Waals surface area contributed by atoms with Crippen molar-refractivity contribution in [3.05, 3.63) is 58.2 Å². The molecule has 0 bridgehead atoms. The van der Waals surface area contributed by atoms with Gasteiger partial charge in [-0.15, -0.1) is 0 Å². The van der Waals surface area contributed by atoms with Gasteiger partial charge in [-0.3, -0.25) is 19.9 Å². The highest BCUT2D eigenvalue weighted by molar-refractivity contribution is 6.04. The predicted molar refractivity (Wildman–Crippen MR) is 70.0 cm³/mol. The Bertz CT molecular complexity index is 717. The first kappa shape index (κ1) is 14.1. The molecule has 0 spiro atoms. The van der Waals surface area contributed by atoms with Crippen molar-refractivity contribution < 1.29 is 19.6 Å². The van der Waals surface area contributed by atoms with Gasteiger partial charge in [-0.2, -0.15) is 0 Å². The lowest BCUT2D eigenvalue weighted by atomic mass is 10.1. The second-order valence-electron chi connectivity index (χ2n) is 3.84. The van der Waals surface area contributed by atoms with Crippen molar-refractivity contribution in [1.29, 1.82) is 0 Å². The minimum absolute atomic E-state index is 0.0193. The Morgan fingerprint density at radius 1 is 1.29 bits per heavy atom. The molecule has 106 valence electrons. The van der Waals surface area contributed by atoms with Crippen LogP contribution in [0.5, 0.6) is 0 Å². The van der Waals surface area contributed by atoms with Gasteiger partial charge < -0.3 is 10.4 Å². The summed E-state index contributed by atoms with van der Waals surface area (Å²) in [7, 11) is 0. The third-order valence-corrected chi connectivity index (χ3v) is 2.49. The summed E-state index contributed by atoms with van der Waals surface area (Å²) < 4.78 is 0. The molecule has 2 rings (SSSR count). The Hall–Kier alpha value is -3.36. The van der Waals surface area contributed by atoms with Gasteiger partial charge in [-0.05, 0) is 12.1 Å². The van der Waals surface area contributed by atoms with E-state index in [4.69, 9.17) is 5.11 Å². The average molecular weight is 288 g/mol. The van der Waals surface area contributed by atoms with Gasteiger partial charge in [-0.1, -0.05) is 0 Å². The molecule has 21 heavy (non-hydrogen) atoms. The smallest absolute Gasteiger partial charge is 0.335 e. The lowest BCUT2D eigenvalue weighted by Crippen LogP contribution is -2.15. The number of carboxylic acid groups (broad SMARTS) is 1. The maximum absolute atomic E-state index is 11.9. The number of nitrogens with zero attached hydrogens (tertiary/aromatic N) is 3. The van der Waals surface area contributed by atoms with E-state index in [1.165, 1.54) is 18.6 Å². The highest BCUT2D eigenvalue weighted by Crippen LogP contribution is 2.26. The zero-order valence-corrected chi connectivity index (χ0v) is 10.4. The summed E-state index contributed by atoms with van der Waals surface area (Å²) in [6.45, 7) is 0. The van der Waals surface area contributed by atoms with Crippen molar-refractivity contribution in [3.8, 4) is 0 Å². The molecule has 0 saturated carbocycles. The number of aromatic carboxylic acids is 1. The number of hydrogen-bond acceptors (Lipinski definition) is 6. The van der Waals surface area contributed by atoms with E-state index in [1.54, 1.807) is 0 Å². The Labute approximate surface area is 117 Å². The van der Waals surface area contributed by atoms with E-state index < -0.39 is 22.5 Å². The van der Waals surface area contributed by atoms with E-state index in [0.29, 0.717) is 0 Å². The lowest BCUT2D eigenvalue weighted by molar-refractivity contribution is -0.383. The highest BCUT2D eigenvalue weighted by Gasteiger charge is 2.19. The van der Waals surface area contributed by atoms with E-state index in [1.807, 2.05) is 0 Å². The molecule has 2 N–H and O–H groups in total. The number of carbonyl (C=O) groups excluding carboxylic acids is 1. The molecule has 0 radical (unpaired) electrons. The van der Waals surface area contributed by atoms with Crippen LogP contribution in [0.4, 0.5) is 11.4 Å². The molecule has 0 aliphatic carbocycles. The highest BCUT2D eigenvalue weighted by atomic mass is 16.6. The molecule has 0 aliphatic rings. The van der Waals surface area contributed by atoms with Gasteiger partial charge in [0.05, 0.1) is 16.7 Å². The molecule has 2 aromatic rings. The maximum atomic E-state index is 11.9. The van der Waals surface area contributed by atoms with Gasteiger partial charge in [0.1, 0.15) is 11.4 Å². The van der Waals surface area contributed by atoms with Crippen molar-refractivity contribution in [1.82, 2.24) is 9.97 Å². The van der Waals surface area contributed by atoms with Crippen LogP contribution < -0.4 is 5.32 Å². The first-order valence-electron chi connectivity index (χ1n) is 5.58. The van der Waals surface area contributed by atoms with Crippen molar-refractivity contribution >= 4 is 23.3 Å². The Balaban J connectivity index is 2.34. The normalized spacial score (nSPS) is 9.90. The van der Waals surface area contributed by atoms with Crippen molar-refractivity contribution in [2.24, 2.45) is 0 Å². The minimum atomic E-state index is -1.30. The Morgan fingerprint density at radius 2 is 2.05 bits per heavy atom. The first-order chi connectivity index (χ1) is 9.99. The SMILES string of the molecule is O=C(O)c1ccc(NC(=O)c2cnccn2)c([N+](=O)[O-])c1. The summed E-state index contributed by atoms with van der Waals surface area (Å²) in [5, 5.41) is 22.1. The second-order valence-corrected chi connectivity index (χ2v) is 3.84. The van der Waals surface area contributed by atoms with Crippen LogP contribution in [0.15, 0.2) is 36.8 Å². The van der Waals surface area contributed by atoms with Gasteiger partial charge in [-0.25, -0.2) is 9.78 Å². The predicted octanol–water partition coefficient (Wildman–Crippen LogP) is 1.34. The molecule has 1 amide bonds. The third kappa shape index (κ3) is 3.15. The van der Waals surface area contributed by atoms with Crippen LogP contribution in [0.1, 0.15) is 20.8 Å². The third-order valence-electron chi connectivity index (χ3n) is 2.49. The molecule has 0 saturated heterocycles. The van der Waals surface area contributed by atoms with E-state index in [2.05, 4.69) is 15.3 Å². The number of anilines is 1. The second kappa shape index (κ2) is 5.74. The molecule has 9 heteroatoms. The summed E-state index contributed by atoms with van der Waals surface area (Å²) in [4.78, 5) is 40.3. The fourth-order valence-corrected chi connectivity index (χ4v) is 1.52. The number of aromatic nitrogens is 2. The minimum Gasteiger partial charge on any atom is -0.478 e. The van der Waals surface area contributed by atoms with Gasteiger partial charge in [0.15, 0.2) is 0 Å². The average Bonchev–Trinajstić information content (AvgIpc) is 2.48. The molecule has 0 atom stereocenters. The molecule has 0 unspecified atom stereocenters. The Kier molecular flexibility index (Phi) is 3.84. The van der Waals surface area contributed by atoms with Crippen LogP contribution in [0.3, 0.4) is 0 Å². The number of hydrogen-bond donors (Lipinski definition) is 2. The number of nitro benzene ring substituents is 1. The van der Waals surface area contributed by atoms with Crippen LogP contribution >= 0.6 is 0 Å². The topological polar surface area (TPSA) is 135 Å². The van der Waals surface area contributed by atoms with Crippen LogP contribution in [0.25, 0.3) is 0 Å². The number of benzene rings is 1. The largest absolute Gasteiger partial charge is 0.478 e. The maximum Gasteiger partial charge on any atom is 0.335 e. The quantitative estimate of drug-likeness (QED) is 0.639. The fraction of sp³-hybridized carbons (Fsp3) is 0. The number of amides is 1. The standard InChI is InChI=1S/C12H8N4O5/c17-11(9-6-13-3-4-14-9)15-8-2-1-7(12(18)19)5-10(8)16(20)21/h1-6H,(H,15,17)(H,18,19). The van der Waals surface area contributed by atoms with Crippen molar-refractivity contribution in [3.63, 3.8) is 0 Å². The van der Waals surface area contributed by atoms with E-state index >= 15 is 0 Å². The number of nitrogens with one attached hydrogen (secondary N) is 1. The van der Waals surface area contributed by atoms with Crippen molar-refractivity contribution in [2.75, 3.05) is 5.32 Å². The number of carbonyl (C=O) groups is 2. The van der Waals surface area contributed by atoms with Gasteiger partial charge in [0.2, 0.25) is 0 Å². The molecule has 9 nitrogen and oxygen atoms in total. The van der Waals surface area contributed by atoms with E-state index in [0.717, 1.165) is 18.2 Å². The Morgan fingerprint density at radius 3 is 2.62 bits per heavy atom. The van der Waals surface area contributed by atoms with E-state index in [-0.39, 0.29) is 16.9 Å². The fourth-order valence-electron chi connectivity index (χ4n) is 1.52. The van der Waals surface area contributed by atoms with Gasteiger partial charge in [0.25, 0.3) is 11.6 Å². The van der Waals surface area contributed by atoms with Gasteiger partial charge in [0, 0.05) is 18.5 Å². The van der Waals surface area contributed by atoms with Crippen LogP contribution in [0.2, 0.25) is 0 Å². The number of nitro groups is 1. The lowest BCUT2D eigenvalue weighted by Gasteiger charge is -2.06.